The fourth-order valence-corrected chi connectivity index (χ4v) is 1.95. The van der Waals surface area contributed by atoms with Gasteiger partial charge in [0.25, 0.3) is 0 Å². The second kappa shape index (κ2) is 11.5. The van der Waals surface area contributed by atoms with Gasteiger partial charge in [-0.15, -0.1) is 0 Å². The van der Waals surface area contributed by atoms with Crippen molar-refractivity contribution in [2.45, 2.75) is 39.0 Å². The highest BCUT2D eigenvalue weighted by atomic mass is 16.5. The average Bonchev–Trinajstić information content (AvgIpc) is 2.42. The number of urea groups is 1. The van der Waals surface area contributed by atoms with Crippen LogP contribution in [-0.4, -0.2) is 55.9 Å². The second-order valence-electron chi connectivity index (χ2n) is 5.00. The van der Waals surface area contributed by atoms with Gasteiger partial charge in [-0.05, 0) is 25.2 Å². The van der Waals surface area contributed by atoms with Crippen molar-refractivity contribution in [3.63, 3.8) is 0 Å². The van der Waals surface area contributed by atoms with E-state index in [1.54, 1.807) is 19.1 Å². The Morgan fingerprint density at radius 1 is 1.35 bits per heavy atom. The number of methoxy groups -OCH3 is 1. The lowest BCUT2D eigenvalue weighted by molar-refractivity contribution is -0.137. The minimum atomic E-state index is -0.759. The van der Waals surface area contributed by atoms with Gasteiger partial charge >= 0.3 is 12.0 Å². The summed E-state index contributed by atoms with van der Waals surface area (Å²) in [5.74, 6) is -0.407. The van der Waals surface area contributed by atoms with Crippen LogP contribution < -0.4 is 5.32 Å². The van der Waals surface area contributed by atoms with E-state index in [0.717, 1.165) is 19.3 Å². The van der Waals surface area contributed by atoms with E-state index in [9.17, 15) is 9.59 Å². The Labute approximate surface area is 121 Å². The van der Waals surface area contributed by atoms with Crippen LogP contribution in [0.15, 0.2) is 0 Å². The molecule has 0 aromatic rings. The summed E-state index contributed by atoms with van der Waals surface area (Å²) in [4.78, 5) is 23.9. The highest BCUT2D eigenvalue weighted by molar-refractivity contribution is 5.73. The SMILES string of the molecule is CCC(CCNC(=O)N(C)CCCOC)CCC(=O)O. The Morgan fingerprint density at radius 2 is 2.05 bits per heavy atom. The predicted molar refractivity (Wildman–Crippen MR) is 77.8 cm³/mol. The Kier molecular flexibility index (Phi) is 10.8. The number of carboxylic acid groups (broad SMARTS) is 1. The molecule has 0 rings (SSSR count). The van der Waals surface area contributed by atoms with Gasteiger partial charge in [-0.25, -0.2) is 4.79 Å². The molecule has 0 radical (unpaired) electrons. The van der Waals surface area contributed by atoms with E-state index in [0.29, 0.717) is 32.0 Å². The minimum absolute atomic E-state index is 0.0887. The molecule has 0 fully saturated rings. The summed E-state index contributed by atoms with van der Waals surface area (Å²) in [6.45, 7) is 3.94. The van der Waals surface area contributed by atoms with Gasteiger partial charge in [-0.2, -0.15) is 0 Å². The van der Waals surface area contributed by atoms with Crippen molar-refractivity contribution in [1.82, 2.24) is 10.2 Å². The van der Waals surface area contributed by atoms with Gasteiger partial charge in [0.15, 0.2) is 0 Å². The number of ether oxygens (including phenoxy) is 1. The van der Waals surface area contributed by atoms with Crippen molar-refractivity contribution in [3.05, 3.63) is 0 Å². The zero-order chi connectivity index (χ0) is 15.4. The zero-order valence-corrected chi connectivity index (χ0v) is 12.9. The number of aliphatic carboxylic acids is 1. The van der Waals surface area contributed by atoms with Crippen LogP contribution in [0.3, 0.4) is 0 Å². The molecule has 0 aliphatic heterocycles. The number of carbonyl (C=O) groups excluding carboxylic acids is 1. The van der Waals surface area contributed by atoms with Gasteiger partial charge in [-0.1, -0.05) is 13.3 Å². The molecule has 0 aliphatic rings. The van der Waals surface area contributed by atoms with Gasteiger partial charge in [0.2, 0.25) is 0 Å². The zero-order valence-electron chi connectivity index (χ0n) is 12.9. The molecule has 2 N–H and O–H groups in total. The number of carboxylic acids is 1. The van der Waals surface area contributed by atoms with Crippen molar-refractivity contribution in [1.29, 1.82) is 0 Å². The van der Waals surface area contributed by atoms with Gasteiger partial charge in [0, 0.05) is 40.3 Å². The first-order valence-electron chi connectivity index (χ1n) is 7.20. The quantitative estimate of drug-likeness (QED) is 0.570. The van der Waals surface area contributed by atoms with Crippen molar-refractivity contribution in [2.75, 3.05) is 33.9 Å². The van der Waals surface area contributed by atoms with Crippen LogP contribution in [0.5, 0.6) is 0 Å². The molecule has 0 aliphatic carbocycles. The summed E-state index contributed by atoms with van der Waals surface area (Å²) in [5.41, 5.74) is 0. The highest BCUT2D eigenvalue weighted by Crippen LogP contribution is 2.14. The fraction of sp³-hybridized carbons (Fsp3) is 0.857. The average molecular weight is 288 g/mol. The number of hydrogen-bond acceptors (Lipinski definition) is 3. The molecule has 6 heteroatoms. The van der Waals surface area contributed by atoms with Crippen LogP contribution in [0.2, 0.25) is 0 Å². The smallest absolute Gasteiger partial charge is 0.317 e. The molecule has 0 aromatic carbocycles. The lowest BCUT2D eigenvalue weighted by Crippen LogP contribution is -2.38. The van der Waals surface area contributed by atoms with Crippen LogP contribution in [0.25, 0.3) is 0 Å². The molecule has 0 saturated carbocycles. The Hall–Kier alpha value is -1.30. The van der Waals surface area contributed by atoms with Crippen LogP contribution in [0.4, 0.5) is 4.79 Å². The molecule has 0 spiro atoms. The summed E-state index contributed by atoms with van der Waals surface area (Å²) in [7, 11) is 3.40. The number of rotatable bonds is 11. The van der Waals surface area contributed by atoms with Crippen LogP contribution in [0.1, 0.15) is 39.0 Å². The Morgan fingerprint density at radius 3 is 2.60 bits per heavy atom. The molecule has 1 unspecified atom stereocenters. The van der Waals surface area contributed by atoms with E-state index < -0.39 is 5.97 Å². The van der Waals surface area contributed by atoms with Crippen molar-refractivity contribution < 1.29 is 19.4 Å². The fourth-order valence-electron chi connectivity index (χ4n) is 1.95. The van der Waals surface area contributed by atoms with E-state index in [1.807, 2.05) is 6.92 Å². The second-order valence-corrected chi connectivity index (χ2v) is 5.00. The first kappa shape index (κ1) is 18.7. The van der Waals surface area contributed by atoms with E-state index in [1.165, 1.54) is 0 Å². The molecule has 0 heterocycles. The lowest BCUT2D eigenvalue weighted by Gasteiger charge is -2.19. The summed E-state index contributed by atoms with van der Waals surface area (Å²) < 4.78 is 4.94. The van der Waals surface area contributed by atoms with Gasteiger partial charge in [0.1, 0.15) is 0 Å². The van der Waals surface area contributed by atoms with Crippen LogP contribution >= 0.6 is 0 Å². The third kappa shape index (κ3) is 9.61. The molecule has 1 atom stereocenters. The first-order chi connectivity index (χ1) is 9.51. The van der Waals surface area contributed by atoms with Gasteiger partial charge in [0.05, 0.1) is 0 Å². The van der Waals surface area contributed by atoms with Crippen molar-refractivity contribution in [3.8, 4) is 0 Å². The molecule has 20 heavy (non-hydrogen) atoms. The third-order valence-corrected chi connectivity index (χ3v) is 3.36. The maximum Gasteiger partial charge on any atom is 0.317 e. The van der Waals surface area contributed by atoms with E-state index in [2.05, 4.69) is 5.32 Å². The molecular weight excluding hydrogens is 260 g/mol. The predicted octanol–water partition coefficient (Wildman–Crippen LogP) is 1.95. The third-order valence-electron chi connectivity index (χ3n) is 3.36. The topological polar surface area (TPSA) is 78.9 Å². The number of amides is 2. The lowest BCUT2D eigenvalue weighted by atomic mass is 9.97. The van der Waals surface area contributed by atoms with E-state index in [4.69, 9.17) is 9.84 Å². The monoisotopic (exact) mass is 288 g/mol. The van der Waals surface area contributed by atoms with E-state index >= 15 is 0 Å². The van der Waals surface area contributed by atoms with E-state index in [-0.39, 0.29) is 12.5 Å². The minimum Gasteiger partial charge on any atom is -0.481 e. The molecule has 0 aromatic heterocycles. The number of hydrogen-bond donors (Lipinski definition) is 2. The number of nitrogens with one attached hydrogen (secondary N) is 1. The summed E-state index contributed by atoms with van der Waals surface area (Å²) in [6.07, 6.45) is 3.44. The highest BCUT2D eigenvalue weighted by Gasteiger charge is 2.11. The maximum absolute atomic E-state index is 11.8. The molecule has 6 nitrogen and oxygen atoms in total. The molecule has 0 saturated heterocycles. The van der Waals surface area contributed by atoms with Gasteiger partial charge in [-0.3, -0.25) is 4.79 Å². The van der Waals surface area contributed by atoms with Crippen LogP contribution in [0, 0.1) is 5.92 Å². The maximum atomic E-state index is 11.8. The van der Waals surface area contributed by atoms with Crippen molar-refractivity contribution in [2.24, 2.45) is 5.92 Å². The largest absolute Gasteiger partial charge is 0.481 e. The normalized spacial score (nSPS) is 11.9. The summed E-state index contributed by atoms with van der Waals surface area (Å²) in [5, 5.41) is 11.5. The standard InChI is InChI=1S/C14H28N2O4/c1-4-12(6-7-13(17)18)8-9-15-14(19)16(2)10-5-11-20-3/h12H,4-11H2,1-3H3,(H,15,19)(H,17,18). The van der Waals surface area contributed by atoms with Crippen molar-refractivity contribution >= 4 is 12.0 Å². The first-order valence-corrected chi connectivity index (χ1v) is 7.20. The molecule has 2 amide bonds. The number of nitrogens with zero attached hydrogens (tertiary/aromatic N) is 1. The van der Waals surface area contributed by atoms with Gasteiger partial charge < -0.3 is 20.1 Å². The summed E-state index contributed by atoms with van der Waals surface area (Å²) in [6, 6.07) is -0.0887. The molecule has 118 valence electrons. The Bertz CT molecular complexity index is 284. The molecular formula is C14H28N2O4. The molecule has 0 bridgehead atoms. The summed E-state index contributed by atoms with van der Waals surface area (Å²) >= 11 is 0. The van der Waals surface area contributed by atoms with Crippen LogP contribution in [-0.2, 0) is 9.53 Å². The number of carbonyl (C=O) groups is 2. The Balaban J connectivity index is 3.78.